The van der Waals surface area contributed by atoms with Crippen LogP contribution in [0.4, 0.5) is 0 Å². The van der Waals surface area contributed by atoms with Gasteiger partial charge in [-0.15, -0.1) is 0 Å². The van der Waals surface area contributed by atoms with Crippen molar-refractivity contribution in [3.8, 4) is 11.3 Å². The zero-order valence-electron chi connectivity index (χ0n) is 36.2. The molecule has 59 heavy (non-hydrogen) atoms. The normalized spacial score (nSPS) is 37.6. The number of carbonyl (C=O) groups is 5. The zero-order chi connectivity index (χ0) is 42.4. The van der Waals surface area contributed by atoms with E-state index in [1.165, 1.54) is 0 Å². The lowest BCUT2D eigenvalue weighted by Gasteiger charge is -2.67. The summed E-state index contributed by atoms with van der Waals surface area (Å²) in [6, 6.07) is 11.3. The Labute approximate surface area is 348 Å². The average Bonchev–Trinajstić information content (AvgIpc) is 3.78. The molecule has 6 aliphatic carbocycles. The number of nitrogens with zero attached hydrogens (tertiary/aromatic N) is 1. The van der Waals surface area contributed by atoms with Crippen molar-refractivity contribution in [3.05, 3.63) is 53.2 Å². The van der Waals surface area contributed by atoms with E-state index in [1.807, 2.05) is 37.3 Å². The molecule has 11 nitrogen and oxygen atoms in total. The third-order valence-electron chi connectivity index (χ3n) is 17.0. The van der Waals surface area contributed by atoms with Crippen LogP contribution in [-0.4, -0.2) is 62.0 Å². The second-order valence-electron chi connectivity index (χ2n) is 20.8. The van der Waals surface area contributed by atoms with Gasteiger partial charge in [-0.05, 0) is 141 Å². The molecule has 11 heteroatoms. The Kier molecular flexibility index (Phi) is 10.3. The third kappa shape index (κ3) is 6.68. The van der Waals surface area contributed by atoms with Crippen LogP contribution in [0.25, 0.3) is 11.3 Å². The van der Waals surface area contributed by atoms with Crippen LogP contribution in [0.3, 0.4) is 0 Å². The van der Waals surface area contributed by atoms with Crippen LogP contribution in [0, 0.1) is 64.1 Å². The molecule has 6 aliphatic rings. The number of carboxylic acid groups (broad SMARTS) is 1. The van der Waals surface area contributed by atoms with Crippen molar-refractivity contribution in [3.63, 3.8) is 0 Å². The molecule has 1 heterocycles. The van der Waals surface area contributed by atoms with Crippen molar-refractivity contribution >= 4 is 29.5 Å². The topological polar surface area (TPSA) is 168 Å². The minimum Gasteiger partial charge on any atom is -0.481 e. The summed E-state index contributed by atoms with van der Waals surface area (Å²) < 4.78 is 6.23. The molecule has 318 valence electrons. The fourth-order valence-corrected chi connectivity index (χ4v) is 13.8. The van der Waals surface area contributed by atoms with Crippen LogP contribution in [0.2, 0.25) is 0 Å². The monoisotopic (exact) mass is 808 g/mol. The molecular weight excluding hydrogens is 745 g/mol. The first-order chi connectivity index (χ1) is 27.8. The molecule has 1 aromatic heterocycles. The molecule has 5 saturated carbocycles. The number of allylic oxidation sites excluding steroid dienone is 1. The smallest absolute Gasteiger partial charge is 0.309 e. The highest BCUT2D eigenvalue weighted by Gasteiger charge is 2.65. The summed E-state index contributed by atoms with van der Waals surface area (Å²) in [6.45, 7) is 16.7. The number of hydrogen-bond donors (Lipinski definition) is 4. The number of aromatic amines is 1. The number of H-pyrrole nitrogens is 1. The summed E-state index contributed by atoms with van der Waals surface area (Å²) in [4.78, 5) is 66.8. The fourth-order valence-electron chi connectivity index (χ4n) is 13.8. The lowest BCUT2D eigenvalue weighted by molar-refractivity contribution is -0.196. The molecule has 0 spiro atoms. The van der Waals surface area contributed by atoms with Crippen molar-refractivity contribution in [1.82, 2.24) is 20.8 Å². The molecule has 0 bridgehead atoms. The third-order valence-corrected chi connectivity index (χ3v) is 17.0. The fraction of sp³-hybridized carbons (Fsp3) is 0.667. The number of esters is 1. The van der Waals surface area contributed by atoms with Crippen LogP contribution >= 0.6 is 0 Å². The van der Waals surface area contributed by atoms with Crippen LogP contribution in [0.15, 0.2) is 47.5 Å². The van der Waals surface area contributed by atoms with E-state index in [0.717, 1.165) is 61.7 Å². The standard InChI is InChI=1S/C48H64N4O7/c1-25(2)39-36(53)24-48(50-44(58)45(5,6)49-41(54)35-23-34(51-52-35)28-12-10-9-11-13-28)21-17-33-29(40(39)48)14-15-38-46(7)20-18-37(27(4)32(46)16-19-47(33,38)8)59-43(57)31-22-30(26(31)3)42(55)56/h9-13,23,25-27,29-33,37-38H,14-22,24H2,1-8H3,(H,49,54)(H,50,58)(H,51,52)(H,55,56). The maximum absolute atomic E-state index is 14.4. The number of carboxylic acids is 1. The minimum absolute atomic E-state index is 0.0255. The number of aliphatic carboxylic acids is 1. The molecule has 1 aromatic carbocycles. The van der Waals surface area contributed by atoms with E-state index in [9.17, 15) is 29.1 Å². The minimum atomic E-state index is -1.27. The van der Waals surface area contributed by atoms with Gasteiger partial charge >= 0.3 is 11.9 Å². The molecule has 8 rings (SSSR count). The highest BCUT2D eigenvalue weighted by Crippen LogP contribution is 2.70. The van der Waals surface area contributed by atoms with Gasteiger partial charge in [0.1, 0.15) is 17.3 Å². The lowest BCUT2D eigenvalue weighted by atomic mass is 9.38. The first kappa shape index (κ1) is 41.5. The summed E-state index contributed by atoms with van der Waals surface area (Å²) in [7, 11) is 0. The predicted octanol–water partition coefficient (Wildman–Crippen LogP) is 7.92. The quantitative estimate of drug-likeness (QED) is 0.185. The van der Waals surface area contributed by atoms with Gasteiger partial charge in [0, 0.05) is 12.0 Å². The maximum Gasteiger partial charge on any atom is 0.309 e. The molecule has 12 unspecified atom stereocenters. The van der Waals surface area contributed by atoms with Gasteiger partial charge < -0.3 is 20.5 Å². The first-order valence-corrected chi connectivity index (χ1v) is 22.3. The molecule has 2 amide bonds. The average molecular weight is 809 g/mol. The molecule has 12 atom stereocenters. The van der Waals surface area contributed by atoms with Gasteiger partial charge in [0.05, 0.1) is 23.1 Å². The Hall–Kier alpha value is -4.28. The Morgan fingerprint density at radius 3 is 2.27 bits per heavy atom. The highest BCUT2D eigenvalue weighted by atomic mass is 16.5. The van der Waals surface area contributed by atoms with E-state index >= 15 is 0 Å². The van der Waals surface area contributed by atoms with Gasteiger partial charge in [0.2, 0.25) is 5.91 Å². The Morgan fingerprint density at radius 1 is 0.915 bits per heavy atom. The second kappa shape index (κ2) is 14.7. The van der Waals surface area contributed by atoms with Crippen molar-refractivity contribution in [2.24, 2.45) is 64.1 Å². The number of amides is 2. The largest absolute Gasteiger partial charge is 0.481 e. The molecule has 4 N–H and O–H groups in total. The number of nitrogens with one attached hydrogen (secondary N) is 3. The summed E-state index contributed by atoms with van der Waals surface area (Å²) in [5.74, 6) is -0.979. The molecule has 0 radical (unpaired) electrons. The van der Waals surface area contributed by atoms with Gasteiger partial charge in [-0.1, -0.05) is 71.9 Å². The number of ketones is 1. The molecule has 2 aromatic rings. The molecular formula is C48H64N4O7. The van der Waals surface area contributed by atoms with Crippen LogP contribution < -0.4 is 10.6 Å². The van der Waals surface area contributed by atoms with Crippen molar-refractivity contribution in [2.75, 3.05) is 0 Å². The van der Waals surface area contributed by atoms with Crippen molar-refractivity contribution in [1.29, 1.82) is 0 Å². The number of aromatic nitrogens is 2. The van der Waals surface area contributed by atoms with Gasteiger partial charge in [0.15, 0.2) is 5.78 Å². The summed E-state index contributed by atoms with van der Waals surface area (Å²) in [6.07, 6.45) is 7.99. The van der Waals surface area contributed by atoms with Gasteiger partial charge in [-0.2, -0.15) is 5.10 Å². The Balaban J connectivity index is 0.986. The number of ether oxygens (including phenoxy) is 1. The summed E-state index contributed by atoms with van der Waals surface area (Å²) >= 11 is 0. The number of Topliss-reactive ketones (excluding diaryl/α,β-unsaturated/α-hetero) is 1. The number of rotatable bonds is 9. The van der Waals surface area contributed by atoms with Crippen molar-refractivity contribution < 1.29 is 33.8 Å². The van der Waals surface area contributed by atoms with E-state index in [-0.39, 0.29) is 76.3 Å². The molecule has 5 fully saturated rings. The van der Waals surface area contributed by atoms with E-state index in [4.69, 9.17) is 4.74 Å². The van der Waals surface area contributed by atoms with Crippen LogP contribution in [0.5, 0.6) is 0 Å². The maximum atomic E-state index is 14.4. The van der Waals surface area contributed by atoms with E-state index in [2.05, 4.69) is 55.4 Å². The molecule has 0 aliphatic heterocycles. The number of hydrogen-bond acceptors (Lipinski definition) is 7. The van der Waals surface area contributed by atoms with E-state index in [1.54, 1.807) is 19.9 Å². The SMILES string of the molecule is CC(C)C1=C2C3CCC4C(C)(CCC5C(C)C(OC(=O)C6CC(C(=O)O)C6C)CCC54C)C3CCC2(NC(=O)C(C)(C)NC(=O)c2cc(-c3ccccc3)n[nH]2)CC1=O. The summed E-state index contributed by atoms with van der Waals surface area (Å²) in [5, 5.41) is 23.0. The van der Waals surface area contributed by atoms with Crippen LogP contribution in [0.1, 0.15) is 130 Å². The van der Waals surface area contributed by atoms with Crippen LogP contribution in [-0.2, 0) is 23.9 Å². The lowest BCUT2D eigenvalue weighted by Crippen LogP contribution is -2.65. The summed E-state index contributed by atoms with van der Waals surface area (Å²) in [5.41, 5.74) is 1.90. The van der Waals surface area contributed by atoms with E-state index < -0.39 is 28.9 Å². The predicted molar refractivity (Wildman–Crippen MR) is 222 cm³/mol. The Bertz CT molecular complexity index is 2070. The second-order valence-corrected chi connectivity index (χ2v) is 20.8. The first-order valence-electron chi connectivity index (χ1n) is 22.3. The number of benzene rings is 1. The number of fused-ring (bicyclic) bond motifs is 7. The van der Waals surface area contributed by atoms with Gasteiger partial charge in [0.25, 0.3) is 5.91 Å². The number of carbonyl (C=O) groups excluding carboxylic acids is 4. The zero-order valence-corrected chi connectivity index (χ0v) is 36.2. The molecule has 0 saturated heterocycles. The van der Waals surface area contributed by atoms with Gasteiger partial charge in [-0.25, -0.2) is 0 Å². The highest BCUT2D eigenvalue weighted by molar-refractivity contribution is 6.03. The van der Waals surface area contributed by atoms with E-state index in [0.29, 0.717) is 36.3 Å². The van der Waals surface area contributed by atoms with Crippen molar-refractivity contribution in [2.45, 2.75) is 137 Å². The Morgan fingerprint density at radius 2 is 1.59 bits per heavy atom. The van der Waals surface area contributed by atoms with Gasteiger partial charge in [-0.3, -0.25) is 29.1 Å².